The van der Waals surface area contributed by atoms with Gasteiger partial charge in [0.25, 0.3) is 0 Å². The van der Waals surface area contributed by atoms with Crippen LogP contribution in [0.4, 0.5) is 0 Å². The van der Waals surface area contributed by atoms with Gasteiger partial charge < -0.3 is 0 Å². The zero-order valence-corrected chi connectivity index (χ0v) is 14.0. The van der Waals surface area contributed by atoms with Crippen molar-refractivity contribution in [2.24, 2.45) is 0 Å². The molecule has 1 aromatic heterocycles. The summed E-state index contributed by atoms with van der Waals surface area (Å²) >= 11 is 7.67. The van der Waals surface area contributed by atoms with E-state index in [0.717, 1.165) is 28.0 Å². The van der Waals surface area contributed by atoms with Gasteiger partial charge in [0.1, 0.15) is 0 Å². The molecule has 3 aromatic rings. The molecule has 0 saturated heterocycles. The molecule has 0 aliphatic heterocycles. The maximum Gasteiger partial charge on any atom is 0.196 e. The lowest BCUT2D eigenvalue weighted by molar-refractivity contribution is 0.886. The van der Waals surface area contributed by atoms with Crippen molar-refractivity contribution in [3.8, 4) is 17.1 Å². The molecule has 0 saturated carbocycles. The summed E-state index contributed by atoms with van der Waals surface area (Å²) in [6.07, 6.45) is 0. The van der Waals surface area contributed by atoms with Crippen LogP contribution in [0.5, 0.6) is 0 Å². The molecule has 2 aromatic carbocycles. The van der Waals surface area contributed by atoms with E-state index in [4.69, 9.17) is 11.6 Å². The van der Waals surface area contributed by atoms with Gasteiger partial charge in [-0.05, 0) is 54.6 Å². The number of rotatable bonds is 4. The van der Waals surface area contributed by atoms with Crippen LogP contribution in [0.2, 0.25) is 5.02 Å². The highest BCUT2D eigenvalue weighted by Crippen LogP contribution is 2.28. The van der Waals surface area contributed by atoms with Gasteiger partial charge in [-0.2, -0.15) is 0 Å². The third kappa shape index (κ3) is 3.03. The van der Waals surface area contributed by atoms with Gasteiger partial charge in [0.2, 0.25) is 0 Å². The molecule has 112 valence electrons. The summed E-state index contributed by atoms with van der Waals surface area (Å²) in [5.41, 5.74) is 3.29. The number of hydrogen-bond donors (Lipinski definition) is 0. The van der Waals surface area contributed by atoms with E-state index < -0.39 is 0 Å². The Morgan fingerprint density at radius 2 is 1.86 bits per heavy atom. The van der Waals surface area contributed by atoms with Crippen LogP contribution in [0.15, 0.2) is 53.7 Å². The van der Waals surface area contributed by atoms with E-state index in [1.165, 1.54) is 5.56 Å². The summed E-state index contributed by atoms with van der Waals surface area (Å²) in [5, 5.41) is 10.4. The normalized spacial score (nSPS) is 10.9. The molecule has 0 unspecified atom stereocenters. The molecule has 1 heterocycles. The van der Waals surface area contributed by atoms with Crippen LogP contribution in [0.25, 0.3) is 17.1 Å². The molecule has 22 heavy (non-hydrogen) atoms. The number of aryl methyl sites for hydroxylation is 1. The second kappa shape index (κ2) is 6.55. The van der Waals surface area contributed by atoms with Crippen LogP contribution in [0.1, 0.15) is 12.5 Å². The number of benzene rings is 2. The molecule has 3 nitrogen and oxygen atoms in total. The Hall–Kier alpha value is -1.78. The number of aromatic nitrogens is 3. The molecule has 0 atom stereocenters. The van der Waals surface area contributed by atoms with Crippen molar-refractivity contribution in [1.82, 2.24) is 14.8 Å². The van der Waals surface area contributed by atoms with E-state index in [0.29, 0.717) is 5.02 Å². The lowest BCUT2D eigenvalue weighted by Gasteiger charge is -2.10. The molecule has 0 bridgehead atoms. The van der Waals surface area contributed by atoms with Crippen molar-refractivity contribution in [3.05, 3.63) is 59.1 Å². The standard InChI is InChI=1S/C17H16ClN3S/c1-3-22-17-20-19-16(13-7-9-14(18)10-8-13)21(17)15-6-4-5-12(2)11-15/h4-11H,3H2,1-2H3. The number of hydrogen-bond acceptors (Lipinski definition) is 3. The molecule has 0 fully saturated rings. The quantitative estimate of drug-likeness (QED) is 0.630. The summed E-state index contributed by atoms with van der Waals surface area (Å²) in [7, 11) is 0. The SMILES string of the molecule is CCSc1nnc(-c2ccc(Cl)cc2)n1-c1cccc(C)c1. The Kier molecular flexibility index (Phi) is 4.50. The van der Waals surface area contributed by atoms with Crippen molar-refractivity contribution in [1.29, 1.82) is 0 Å². The Morgan fingerprint density at radius 3 is 2.55 bits per heavy atom. The molecular formula is C17H16ClN3S. The molecule has 0 amide bonds. The first-order valence-corrected chi connectivity index (χ1v) is 8.46. The minimum Gasteiger partial charge on any atom is -0.270 e. The van der Waals surface area contributed by atoms with Gasteiger partial charge in [-0.1, -0.05) is 42.4 Å². The summed E-state index contributed by atoms with van der Waals surface area (Å²) in [4.78, 5) is 0. The number of halogens is 1. The molecule has 0 radical (unpaired) electrons. The van der Waals surface area contributed by atoms with E-state index in [-0.39, 0.29) is 0 Å². The van der Waals surface area contributed by atoms with Crippen molar-refractivity contribution < 1.29 is 0 Å². The Morgan fingerprint density at radius 1 is 1.09 bits per heavy atom. The van der Waals surface area contributed by atoms with Crippen LogP contribution in [0, 0.1) is 6.92 Å². The summed E-state index contributed by atoms with van der Waals surface area (Å²) in [5.74, 6) is 1.78. The molecule has 0 aliphatic rings. The fourth-order valence-electron chi connectivity index (χ4n) is 2.28. The highest BCUT2D eigenvalue weighted by molar-refractivity contribution is 7.99. The van der Waals surface area contributed by atoms with E-state index >= 15 is 0 Å². The summed E-state index contributed by atoms with van der Waals surface area (Å²) in [6, 6.07) is 16.0. The van der Waals surface area contributed by atoms with Crippen molar-refractivity contribution in [3.63, 3.8) is 0 Å². The third-order valence-electron chi connectivity index (χ3n) is 3.27. The van der Waals surface area contributed by atoms with E-state index in [2.05, 4.69) is 52.9 Å². The van der Waals surface area contributed by atoms with Gasteiger partial charge in [0.15, 0.2) is 11.0 Å². The first-order valence-electron chi connectivity index (χ1n) is 7.10. The first-order chi connectivity index (χ1) is 10.7. The molecular weight excluding hydrogens is 314 g/mol. The minimum atomic E-state index is 0.716. The zero-order valence-electron chi connectivity index (χ0n) is 12.5. The summed E-state index contributed by atoms with van der Waals surface area (Å²) < 4.78 is 2.10. The highest BCUT2D eigenvalue weighted by Gasteiger charge is 2.15. The maximum atomic E-state index is 5.98. The molecule has 3 rings (SSSR count). The Bertz CT molecular complexity index is 781. The van der Waals surface area contributed by atoms with Gasteiger partial charge in [0.05, 0.1) is 0 Å². The Balaban J connectivity index is 2.17. The molecule has 0 aliphatic carbocycles. The molecule has 5 heteroatoms. The lowest BCUT2D eigenvalue weighted by atomic mass is 10.2. The van der Waals surface area contributed by atoms with Gasteiger partial charge in [-0.15, -0.1) is 10.2 Å². The predicted molar refractivity (Wildman–Crippen MR) is 92.9 cm³/mol. The van der Waals surface area contributed by atoms with Gasteiger partial charge >= 0.3 is 0 Å². The van der Waals surface area contributed by atoms with Gasteiger partial charge in [0, 0.05) is 16.3 Å². The van der Waals surface area contributed by atoms with E-state index in [1.54, 1.807) is 11.8 Å². The van der Waals surface area contributed by atoms with Crippen molar-refractivity contribution in [2.75, 3.05) is 5.75 Å². The topological polar surface area (TPSA) is 30.7 Å². The molecule has 0 spiro atoms. The molecule has 0 N–H and O–H groups in total. The number of nitrogens with zero attached hydrogens (tertiary/aromatic N) is 3. The maximum absolute atomic E-state index is 5.98. The third-order valence-corrected chi connectivity index (χ3v) is 4.33. The largest absolute Gasteiger partial charge is 0.270 e. The van der Waals surface area contributed by atoms with Crippen LogP contribution < -0.4 is 0 Å². The van der Waals surface area contributed by atoms with Crippen molar-refractivity contribution >= 4 is 23.4 Å². The highest BCUT2D eigenvalue weighted by atomic mass is 35.5. The smallest absolute Gasteiger partial charge is 0.196 e. The van der Waals surface area contributed by atoms with Gasteiger partial charge in [-0.3, -0.25) is 4.57 Å². The van der Waals surface area contributed by atoms with E-state index in [1.807, 2.05) is 24.3 Å². The average molecular weight is 330 g/mol. The average Bonchev–Trinajstić information content (AvgIpc) is 2.92. The fraction of sp³-hybridized carbons (Fsp3) is 0.176. The second-order valence-corrected chi connectivity index (χ2v) is 6.59. The monoisotopic (exact) mass is 329 g/mol. The Labute approximate surface area is 139 Å². The van der Waals surface area contributed by atoms with Crippen LogP contribution >= 0.6 is 23.4 Å². The van der Waals surface area contributed by atoms with Crippen LogP contribution in [-0.2, 0) is 0 Å². The fourth-order valence-corrected chi connectivity index (χ4v) is 3.08. The van der Waals surface area contributed by atoms with Crippen LogP contribution in [-0.4, -0.2) is 20.5 Å². The van der Waals surface area contributed by atoms with Crippen molar-refractivity contribution in [2.45, 2.75) is 19.0 Å². The summed E-state index contributed by atoms with van der Waals surface area (Å²) in [6.45, 7) is 4.20. The second-order valence-electron chi connectivity index (χ2n) is 4.92. The van der Waals surface area contributed by atoms with Crippen LogP contribution in [0.3, 0.4) is 0 Å². The first kappa shape index (κ1) is 15.1. The van der Waals surface area contributed by atoms with E-state index in [9.17, 15) is 0 Å². The lowest BCUT2D eigenvalue weighted by Crippen LogP contribution is -2.00. The zero-order chi connectivity index (χ0) is 15.5. The number of thioether (sulfide) groups is 1. The predicted octanol–water partition coefficient (Wildman–Crippen LogP) is 5.01. The van der Waals surface area contributed by atoms with Gasteiger partial charge in [-0.25, -0.2) is 0 Å². The minimum absolute atomic E-state index is 0.716.